The number of hydrogen-bond acceptors (Lipinski definition) is 3. The monoisotopic (exact) mass is 146 g/mol. The molecule has 58 valence electrons. The van der Waals surface area contributed by atoms with Gasteiger partial charge in [0.2, 0.25) is 11.8 Å². The van der Waals surface area contributed by atoms with Crippen molar-refractivity contribution >= 4 is 11.8 Å². The van der Waals surface area contributed by atoms with Crippen molar-refractivity contribution in [3.05, 3.63) is 0 Å². The van der Waals surface area contributed by atoms with Crippen LogP contribution in [0.25, 0.3) is 0 Å². The molecule has 0 aromatic heterocycles. The fraction of sp³-hybridized carbons (Fsp3) is 0.600. The topological polar surface area (TPSA) is 92.4 Å². The van der Waals surface area contributed by atoms with Gasteiger partial charge in [0.05, 0.1) is 6.61 Å². The van der Waals surface area contributed by atoms with Crippen LogP contribution in [0.15, 0.2) is 0 Å². The Balaban J connectivity index is 3.83. The number of carbonyl (C=O) groups is 2. The van der Waals surface area contributed by atoms with Crippen LogP contribution in [0.1, 0.15) is 6.92 Å². The highest BCUT2D eigenvalue weighted by atomic mass is 16.3. The number of hydrogen-bond donors (Lipinski definition) is 3. The van der Waals surface area contributed by atoms with Crippen molar-refractivity contribution in [1.82, 2.24) is 5.32 Å². The minimum absolute atomic E-state index is 0.391. The molecule has 0 rings (SSSR count). The van der Waals surface area contributed by atoms with Crippen LogP contribution in [0.2, 0.25) is 0 Å². The summed E-state index contributed by atoms with van der Waals surface area (Å²) in [6, 6.07) is -0.961. The van der Waals surface area contributed by atoms with Crippen LogP contribution in [0, 0.1) is 0 Å². The molecule has 2 amide bonds. The van der Waals surface area contributed by atoms with E-state index in [0.717, 1.165) is 0 Å². The summed E-state index contributed by atoms with van der Waals surface area (Å²) in [6.45, 7) is 0.778. The highest BCUT2D eigenvalue weighted by molar-refractivity contribution is 5.85. The Morgan fingerprint density at radius 1 is 1.70 bits per heavy atom. The average molecular weight is 146 g/mol. The largest absolute Gasteiger partial charge is 0.394 e. The van der Waals surface area contributed by atoms with Crippen LogP contribution >= 0.6 is 0 Å². The van der Waals surface area contributed by atoms with Gasteiger partial charge in [-0.1, -0.05) is 0 Å². The first-order valence-electron chi connectivity index (χ1n) is 2.75. The lowest BCUT2D eigenvalue weighted by atomic mass is 10.3. The Bertz CT molecular complexity index is 146. The molecule has 0 spiro atoms. The van der Waals surface area contributed by atoms with Crippen molar-refractivity contribution in [2.45, 2.75) is 13.0 Å². The van der Waals surface area contributed by atoms with Gasteiger partial charge in [0, 0.05) is 6.92 Å². The molecule has 0 aliphatic heterocycles. The fourth-order valence-electron chi connectivity index (χ4n) is 0.452. The number of amides is 2. The molecule has 0 radical (unpaired) electrons. The van der Waals surface area contributed by atoms with Gasteiger partial charge in [-0.3, -0.25) is 9.59 Å². The van der Waals surface area contributed by atoms with E-state index >= 15 is 0 Å². The minimum atomic E-state index is -0.961. The number of nitrogens with two attached hydrogens (primary N) is 1. The number of primary amides is 1. The van der Waals surface area contributed by atoms with Gasteiger partial charge >= 0.3 is 0 Å². The quantitative estimate of drug-likeness (QED) is 0.428. The molecule has 0 saturated heterocycles. The van der Waals surface area contributed by atoms with Crippen LogP contribution in [0.5, 0.6) is 0 Å². The second-order valence-corrected chi connectivity index (χ2v) is 1.84. The van der Waals surface area contributed by atoms with E-state index < -0.39 is 24.5 Å². The lowest BCUT2D eigenvalue weighted by Crippen LogP contribution is -2.45. The van der Waals surface area contributed by atoms with E-state index in [1.807, 2.05) is 0 Å². The summed E-state index contributed by atoms with van der Waals surface area (Å²) >= 11 is 0. The SMILES string of the molecule is CC(=O)N[C@@H](CO)C(N)=O. The zero-order chi connectivity index (χ0) is 8.15. The van der Waals surface area contributed by atoms with E-state index in [2.05, 4.69) is 5.32 Å². The third kappa shape index (κ3) is 3.03. The highest BCUT2D eigenvalue weighted by Gasteiger charge is 2.13. The van der Waals surface area contributed by atoms with Crippen LogP contribution in [-0.4, -0.2) is 29.6 Å². The van der Waals surface area contributed by atoms with Gasteiger partial charge in [0.15, 0.2) is 0 Å². The molecule has 0 aliphatic rings. The highest BCUT2D eigenvalue weighted by Crippen LogP contribution is 1.78. The summed E-state index contributed by atoms with van der Waals surface area (Å²) < 4.78 is 0. The maximum absolute atomic E-state index is 10.3. The molecule has 0 fully saturated rings. The summed E-state index contributed by atoms with van der Waals surface area (Å²) in [5.74, 6) is -1.13. The fourth-order valence-corrected chi connectivity index (χ4v) is 0.452. The van der Waals surface area contributed by atoms with Gasteiger partial charge in [-0.05, 0) is 0 Å². The first-order valence-corrected chi connectivity index (χ1v) is 2.75. The smallest absolute Gasteiger partial charge is 0.242 e. The molecule has 4 N–H and O–H groups in total. The summed E-state index contributed by atoms with van der Waals surface area (Å²) in [5, 5.41) is 10.6. The summed E-state index contributed by atoms with van der Waals surface area (Å²) in [6.07, 6.45) is 0. The maximum atomic E-state index is 10.3. The molecule has 5 nitrogen and oxygen atoms in total. The molecule has 0 heterocycles. The Hall–Kier alpha value is -1.10. The molecule has 0 aromatic carbocycles. The van der Waals surface area contributed by atoms with Gasteiger partial charge in [0.25, 0.3) is 0 Å². The molecule has 0 bridgehead atoms. The van der Waals surface area contributed by atoms with Crippen molar-refractivity contribution in [2.75, 3.05) is 6.61 Å². The summed E-state index contributed by atoms with van der Waals surface area (Å²) in [7, 11) is 0. The maximum Gasteiger partial charge on any atom is 0.242 e. The lowest BCUT2D eigenvalue weighted by Gasteiger charge is -2.09. The molecule has 0 unspecified atom stereocenters. The predicted molar refractivity (Wildman–Crippen MR) is 33.9 cm³/mol. The Morgan fingerprint density at radius 2 is 2.20 bits per heavy atom. The van der Waals surface area contributed by atoms with E-state index in [0.29, 0.717) is 0 Å². The predicted octanol–water partition coefficient (Wildman–Crippen LogP) is -2.03. The Labute approximate surface area is 58.2 Å². The third-order valence-corrected chi connectivity index (χ3v) is 0.904. The number of rotatable bonds is 3. The van der Waals surface area contributed by atoms with Crippen LogP contribution < -0.4 is 11.1 Å². The van der Waals surface area contributed by atoms with Crippen molar-refractivity contribution < 1.29 is 14.7 Å². The number of carbonyl (C=O) groups excluding carboxylic acids is 2. The van der Waals surface area contributed by atoms with E-state index in [1.54, 1.807) is 0 Å². The molecule has 1 atom stereocenters. The van der Waals surface area contributed by atoms with Gasteiger partial charge in [0.1, 0.15) is 6.04 Å². The third-order valence-electron chi connectivity index (χ3n) is 0.904. The molecule has 0 aliphatic carbocycles. The van der Waals surface area contributed by atoms with Crippen LogP contribution in [0.4, 0.5) is 0 Å². The lowest BCUT2D eigenvalue weighted by molar-refractivity contribution is -0.127. The zero-order valence-corrected chi connectivity index (χ0v) is 5.63. The molecule has 5 heteroatoms. The first-order chi connectivity index (χ1) is 4.57. The molecular weight excluding hydrogens is 136 g/mol. The molecule has 0 saturated carbocycles. The van der Waals surface area contributed by atoms with E-state index in [1.165, 1.54) is 6.92 Å². The van der Waals surface area contributed by atoms with E-state index in [9.17, 15) is 9.59 Å². The number of nitrogens with one attached hydrogen (secondary N) is 1. The van der Waals surface area contributed by atoms with E-state index in [4.69, 9.17) is 10.8 Å². The number of aliphatic hydroxyl groups excluding tert-OH is 1. The first kappa shape index (κ1) is 8.90. The number of aliphatic hydroxyl groups is 1. The molecule has 0 aromatic rings. The van der Waals surface area contributed by atoms with Gasteiger partial charge in [-0.25, -0.2) is 0 Å². The molecule has 10 heavy (non-hydrogen) atoms. The van der Waals surface area contributed by atoms with Crippen LogP contribution in [-0.2, 0) is 9.59 Å². The summed E-state index contributed by atoms with van der Waals surface area (Å²) in [4.78, 5) is 20.6. The van der Waals surface area contributed by atoms with Crippen molar-refractivity contribution in [3.8, 4) is 0 Å². The van der Waals surface area contributed by atoms with Gasteiger partial charge in [-0.2, -0.15) is 0 Å². The molecular formula is C5H10N2O3. The Kier molecular flexibility index (Phi) is 3.42. The second-order valence-electron chi connectivity index (χ2n) is 1.84. The van der Waals surface area contributed by atoms with Gasteiger partial charge in [-0.15, -0.1) is 0 Å². The van der Waals surface area contributed by atoms with Crippen LogP contribution in [0.3, 0.4) is 0 Å². The summed E-state index contributed by atoms with van der Waals surface area (Å²) in [5.41, 5.74) is 4.78. The van der Waals surface area contributed by atoms with Crippen molar-refractivity contribution in [1.29, 1.82) is 0 Å². The Morgan fingerprint density at radius 3 is 2.30 bits per heavy atom. The zero-order valence-electron chi connectivity index (χ0n) is 5.63. The normalized spacial score (nSPS) is 12.2. The van der Waals surface area contributed by atoms with Crippen molar-refractivity contribution in [3.63, 3.8) is 0 Å². The average Bonchev–Trinajstić information content (AvgIpc) is 1.81. The second kappa shape index (κ2) is 3.84. The minimum Gasteiger partial charge on any atom is -0.394 e. The van der Waals surface area contributed by atoms with Gasteiger partial charge < -0.3 is 16.2 Å². The standard InChI is InChI=1S/C5H10N2O3/c1-3(9)7-4(2-8)5(6)10/h4,8H,2H2,1H3,(H2,6,10)(H,7,9)/t4-/m0/s1. The van der Waals surface area contributed by atoms with Crippen molar-refractivity contribution in [2.24, 2.45) is 5.73 Å². The van der Waals surface area contributed by atoms with E-state index in [-0.39, 0.29) is 0 Å².